The highest BCUT2D eigenvalue weighted by Gasteiger charge is 2.51. The molecule has 6 atom stereocenters. The lowest BCUT2D eigenvalue weighted by Crippen LogP contribution is -2.55. The number of aliphatic hydroxyl groups is 3. The summed E-state index contributed by atoms with van der Waals surface area (Å²) in [5, 5.41) is 59.5. The van der Waals surface area contributed by atoms with Gasteiger partial charge in [0.2, 0.25) is 23.1 Å². The molecule has 5 aliphatic rings. The molecule has 0 aromatic heterocycles. The highest BCUT2D eigenvalue weighted by Crippen LogP contribution is 2.53. The second-order valence-corrected chi connectivity index (χ2v) is 23.0. The molecule has 16 heteroatoms. The number of carbonyl (C=O) groups is 4. The number of allylic oxidation sites excluding steroid dienone is 2. The Bertz CT molecular complexity index is 3530. The van der Waals surface area contributed by atoms with Crippen LogP contribution in [0.1, 0.15) is 144 Å². The fraction of sp³-hybridized carbons (Fsp3) is 0.385. The van der Waals surface area contributed by atoms with E-state index < -0.39 is 95.7 Å². The van der Waals surface area contributed by atoms with Gasteiger partial charge in [-0.05, 0) is 89.8 Å². The number of hydrogen-bond donors (Lipinski definition) is 6. The van der Waals surface area contributed by atoms with Crippen LogP contribution in [0.2, 0.25) is 0 Å². The smallest absolute Gasteiger partial charge is 0.220 e. The Balaban J connectivity index is 0.799. The predicted molar refractivity (Wildman–Crippen MR) is 305 cm³/mol. The molecule has 0 spiro atoms. The Morgan fingerprint density at radius 1 is 0.778 bits per heavy atom. The molecule has 2 aliphatic carbocycles. The SMILES string of the molecule is COc1cccc2c1C(=O)c1c(O)c3c(c(O)c1C2=O)C[C@@](O)(C(=O)CO)C[C@@H]3O[C@H]1C[C@H](NC(=O)CCCCCOc2ccc(/C=C/C3=[N+](C)c4ccccc4C3(C)C)cc2/C=C/C2=[N+](C)c3ccccc3C2(C)C)[C@H](O)[C@H](C)O1. The first-order chi connectivity index (χ1) is 38.6. The number of para-hydroxylation sites is 2. The third-order valence-corrected chi connectivity index (χ3v) is 17.2. The summed E-state index contributed by atoms with van der Waals surface area (Å²) in [6, 6.07) is 26.7. The zero-order valence-corrected chi connectivity index (χ0v) is 47.0. The van der Waals surface area contributed by atoms with Gasteiger partial charge in [-0.15, -0.1) is 0 Å². The third kappa shape index (κ3) is 10.1. The number of benzene rings is 5. The molecule has 422 valence electrons. The first-order valence-electron chi connectivity index (χ1n) is 27.7. The van der Waals surface area contributed by atoms with Gasteiger partial charge in [-0.25, -0.2) is 0 Å². The van der Waals surface area contributed by atoms with Crippen molar-refractivity contribution in [2.45, 2.75) is 127 Å². The van der Waals surface area contributed by atoms with Gasteiger partial charge in [0.15, 0.2) is 29.3 Å². The lowest BCUT2D eigenvalue weighted by molar-refractivity contribution is -0.401. The number of phenols is 2. The van der Waals surface area contributed by atoms with Gasteiger partial charge < -0.3 is 49.8 Å². The number of carbonyl (C=O) groups excluding carboxylic acids is 4. The second-order valence-electron chi connectivity index (χ2n) is 23.0. The molecular formula is C65H71N3O13+2. The minimum absolute atomic E-state index is 0.0692. The van der Waals surface area contributed by atoms with Crippen LogP contribution in [0.5, 0.6) is 23.0 Å². The topological polar surface area (TPSA) is 224 Å². The number of rotatable bonds is 17. The number of methoxy groups -OCH3 is 1. The van der Waals surface area contributed by atoms with Crippen molar-refractivity contribution in [2.24, 2.45) is 0 Å². The lowest BCUT2D eigenvalue weighted by Gasteiger charge is -2.43. The van der Waals surface area contributed by atoms with Crippen LogP contribution in [0.15, 0.2) is 97.1 Å². The van der Waals surface area contributed by atoms with E-state index in [-0.39, 0.29) is 57.6 Å². The van der Waals surface area contributed by atoms with E-state index in [0.717, 1.165) is 22.6 Å². The fourth-order valence-corrected chi connectivity index (χ4v) is 12.8. The number of amides is 1. The van der Waals surface area contributed by atoms with Gasteiger partial charge in [0, 0.05) is 83.3 Å². The predicted octanol–water partition coefficient (Wildman–Crippen LogP) is 8.24. The first kappa shape index (κ1) is 56.7. The summed E-state index contributed by atoms with van der Waals surface area (Å²) in [6.07, 6.45) is 4.61. The molecule has 1 saturated heterocycles. The van der Waals surface area contributed by atoms with Gasteiger partial charge in [-0.2, -0.15) is 9.15 Å². The van der Waals surface area contributed by atoms with E-state index in [4.69, 9.17) is 18.9 Å². The summed E-state index contributed by atoms with van der Waals surface area (Å²) >= 11 is 0. The summed E-state index contributed by atoms with van der Waals surface area (Å²) in [7, 11) is 5.53. The normalized spacial score (nSPS) is 23.3. The molecule has 81 heavy (non-hydrogen) atoms. The van der Waals surface area contributed by atoms with Crippen LogP contribution in [0.25, 0.3) is 12.2 Å². The summed E-state index contributed by atoms with van der Waals surface area (Å²) in [5.74, 6) is -3.59. The zero-order chi connectivity index (χ0) is 57.9. The Morgan fingerprint density at radius 3 is 2.06 bits per heavy atom. The molecule has 5 aromatic carbocycles. The van der Waals surface area contributed by atoms with Crippen molar-refractivity contribution in [3.05, 3.63) is 153 Å². The molecule has 10 rings (SSSR count). The maximum atomic E-state index is 14.1. The molecular weight excluding hydrogens is 1030 g/mol. The van der Waals surface area contributed by atoms with E-state index in [0.29, 0.717) is 25.9 Å². The maximum Gasteiger partial charge on any atom is 0.220 e. The number of ketones is 3. The monoisotopic (exact) mass is 1100 g/mol. The number of nitrogens with zero attached hydrogens (tertiary/aromatic N) is 2. The van der Waals surface area contributed by atoms with E-state index in [1.54, 1.807) is 6.92 Å². The number of unbranched alkanes of at least 4 members (excludes halogenated alkanes) is 2. The summed E-state index contributed by atoms with van der Waals surface area (Å²) in [6.45, 7) is 9.90. The molecule has 3 aliphatic heterocycles. The maximum absolute atomic E-state index is 14.1. The Morgan fingerprint density at radius 2 is 1.42 bits per heavy atom. The van der Waals surface area contributed by atoms with Crippen LogP contribution in [0.4, 0.5) is 11.4 Å². The van der Waals surface area contributed by atoms with E-state index in [1.807, 2.05) is 6.07 Å². The van der Waals surface area contributed by atoms with Crippen molar-refractivity contribution in [2.75, 3.05) is 34.4 Å². The van der Waals surface area contributed by atoms with Crippen LogP contribution in [-0.2, 0) is 36.3 Å². The number of hydrogen-bond acceptors (Lipinski definition) is 13. The van der Waals surface area contributed by atoms with Gasteiger partial charge in [-0.3, -0.25) is 19.2 Å². The van der Waals surface area contributed by atoms with Crippen molar-refractivity contribution in [1.29, 1.82) is 0 Å². The number of nitrogens with one attached hydrogen (secondary N) is 1. The van der Waals surface area contributed by atoms with Crippen LogP contribution < -0.4 is 14.8 Å². The zero-order valence-electron chi connectivity index (χ0n) is 47.0. The van der Waals surface area contributed by atoms with Crippen molar-refractivity contribution in [1.82, 2.24) is 5.32 Å². The van der Waals surface area contributed by atoms with Crippen molar-refractivity contribution >= 4 is 58.2 Å². The van der Waals surface area contributed by atoms with Crippen molar-refractivity contribution in [3.8, 4) is 23.0 Å². The van der Waals surface area contributed by atoms with Crippen LogP contribution >= 0.6 is 0 Å². The number of Topliss-reactive ketones (excluding diaryl/α,β-unsaturated/α-hetero) is 1. The average Bonchev–Trinajstić information content (AvgIpc) is 4.00. The van der Waals surface area contributed by atoms with Crippen molar-refractivity contribution in [3.63, 3.8) is 0 Å². The molecule has 0 radical (unpaired) electrons. The number of aliphatic hydroxyl groups excluding tert-OH is 2. The molecule has 0 bridgehead atoms. The first-order valence-corrected chi connectivity index (χ1v) is 27.7. The lowest BCUT2D eigenvalue weighted by atomic mass is 9.72. The highest BCUT2D eigenvalue weighted by atomic mass is 16.7. The van der Waals surface area contributed by atoms with Gasteiger partial charge in [0.1, 0.15) is 55.4 Å². The number of aromatic hydroxyl groups is 2. The Kier molecular flexibility index (Phi) is 15.4. The standard InChI is InChI=1S/C65H69N3O13/c1-36-58(72)43(32-53(80-36)81-48-34-65(77,51(70)35-69)33-40-55(48)62(76)57-56(60(40)74)59(73)39-17-16-22-47(78-8)54(39)61(57)75)66-52(71)23-10-9-15-30-79-46-27-24-37(25-28-49-63(2,3)41-18-11-13-20-44(41)67(49)6)31-38(46)26-29-50-64(4,5)42-19-12-14-21-45(42)68(50)7/h11-14,16-22,24-29,31,36,43,48,53,58,69,72,77H,9-10,15,23,30,32-35H2,1-8H3,(H-2,66,71,73,74,75,76)/p+2/b28-25+,29-26+/t36-,43-,48-,53-,58+,65-/m0/s1. The van der Waals surface area contributed by atoms with Gasteiger partial charge in [-0.1, -0.05) is 54.6 Å². The summed E-state index contributed by atoms with van der Waals surface area (Å²) in [4.78, 5) is 54.7. The van der Waals surface area contributed by atoms with E-state index >= 15 is 0 Å². The molecule has 6 N–H and O–H groups in total. The molecule has 3 heterocycles. The largest absolute Gasteiger partial charge is 0.507 e. The quantitative estimate of drug-likeness (QED) is 0.0288. The second kappa shape index (κ2) is 22.0. The Hall–Kier alpha value is -7.60. The van der Waals surface area contributed by atoms with E-state index in [2.05, 4.69) is 141 Å². The minimum atomic E-state index is -2.35. The van der Waals surface area contributed by atoms with Crippen LogP contribution in [0.3, 0.4) is 0 Å². The number of ether oxygens (including phenoxy) is 4. The molecule has 1 amide bonds. The third-order valence-electron chi connectivity index (χ3n) is 17.2. The summed E-state index contributed by atoms with van der Waals surface area (Å²) in [5.41, 5.74) is 4.88. The van der Waals surface area contributed by atoms with E-state index in [9.17, 15) is 44.7 Å². The van der Waals surface area contributed by atoms with Gasteiger partial charge in [0.25, 0.3) is 0 Å². The highest BCUT2D eigenvalue weighted by molar-refractivity contribution is 6.31. The van der Waals surface area contributed by atoms with Gasteiger partial charge >= 0.3 is 0 Å². The minimum Gasteiger partial charge on any atom is -0.507 e. The fourth-order valence-electron chi connectivity index (χ4n) is 12.8. The van der Waals surface area contributed by atoms with Crippen LogP contribution in [-0.4, -0.2) is 134 Å². The van der Waals surface area contributed by atoms with Crippen LogP contribution in [0, 0.1) is 0 Å². The average molecular weight is 1100 g/mol. The number of phenolic OH excluding ortho intramolecular Hbond substituents is 2. The van der Waals surface area contributed by atoms with Crippen molar-refractivity contribution < 1.29 is 72.8 Å². The number of fused-ring (bicyclic) bond motifs is 5. The molecule has 0 unspecified atom stereocenters. The Labute approximate surface area is 471 Å². The van der Waals surface area contributed by atoms with Gasteiger partial charge in [0.05, 0.1) is 59.5 Å². The molecule has 0 saturated carbocycles. The summed E-state index contributed by atoms with van der Waals surface area (Å²) < 4.78 is 28.8. The van der Waals surface area contributed by atoms with E-state index in [1.165, 1.54) is 53.5 Å². The molecule has 1 fully saturated rings. The molecule has 5 aromatic rings. The molecule has 16 nitrogen and oxygen atoms in total.